The molecule has 0 aliphatic carbocycles. The Kier molecular flexibility index (Phi) is 7.83. The topological polar surface area (TPSA) is 138 Å². The molecule has 0 saturated carbocycles. The number of phenolic OH excluding ortho intramolecular Hbond substituents is 1. The first-order valence-corrected chi connectivity index (χ1v) is 10.4. The third-order valence-corrected chi connectivity index (χ3v) is 5.65. The number of aliphatic hydroxyl groups excluding tert-OH is 4. The number of rotatable bonds is 8. The van der Waals surface area contributed by atoms with E-state index in [4.69, 9.17) is 18.9 Å². The van der Waals surface area contributed by atoms with Gasteiger partial charge >= 0.3 is 0 Å². The van der Waals surface area contributed by atoms with E-state index in [1.165, 1.54) is 20.3 Å². The average Bonchev–Trinajstić information content (AvgIpc) is 2.81. The number of hydrogen-bond acceptors (Lipinski definition) is 9. The van der Waals surface area contributed by atoms with Gasteiger partial charge in [-0.15, -0.1) is 6.58 Å². The summed E-state index contributed by atoms with van der Waals surface area (Å²) in [6, 6.07) is 6.64. The van der Waals surface area contributed by atoms with Crippen molar-refractivity contribution in [3.8, 4) is 34.1 Å². The second-order valence-corrected chi connectivity index (χ2v) is 7.81. The first-order valence-electron chi connectivity index (χ1n) is 10.4. The lowest BCUT2D eigenvalue weighted by Crippen LogP contribution is -2.60. The van der Waals surface area contributed by atoms with Gasteiger partial charge in [0.2, 0.25) is 6.29 Å². The molecular formula is C24H30O9. The molecule has 1 saturated heterocycles. The third-order valence-electron chi connectivity index (χ3n) is 5.65. The number of methoxy groups -OCH3 is 2. The number of phenols is 1. The maximum Gasteiger partial charge on any atom is 0.229 e. The van der Waals surface area contributed by atoms with Gasteiger partial charge in [0.1, 0.15) is 47.4 Å². The minimum atomic E-state index is -1.59. The van der Waals surface area contributed by atoms with Gasteiger partial charge in [-0.3, -0.25) is 0 Å². The molecule has 9 nitrogen and oxygen atoms in total. The lowest BCUT2D eigenvalue weighted by atomic mass is 9.96. The SMILES string of the molecule is C=CCc1cc(-c2cc(C)c(O)cc2OC)c(O[C@@H]2O[C@H](CO)[C@@H](O)[C@H](O)[C@H]2O)cc1OC. The predicted octanol–water partition coefficient (Wildman–Crippen LogP) is 1.29. The van der Waals surface area contributed by atoms with E-state index < -0.39 is 37.3 Å². The highest BCUT2D eigenvalue weighted by atomic mass is 16.7. The molecule has 0 unspecified atom stereocenters. The van der Waals surface area contributed by atoms with E-state index >= 15 is 0 Å². The van der Waals surface area contributed by atoms with E-state index in [-0.39, 0.29) is 11.5 Å². The summed E-state index contributed by atoms with van der Waals surface area (Å²) in [7, 11) is 2.98. The molecule has 33 heavy (non-hydrogen) atoms. The van der Waals surface area contributed by atoms with Crippen molar-refractivity contribution in [3.05, 3.63) is 48.0 Å². The third kappa shape index (κ3) is 4.92. The molecule has 0 spiro atoms. The minimum absolute atomic E-state index is 0.0619. The lowest BCUT2D eigenvalue weighted by molar-refractivity contribution is -0.277. The van der Waals surface area contributed by atoms with E-state index in [1.54, 1.807) is 25.1 Å². The van der Waals surface area contributed by atoms with Crippen LogP contribution in [-0.4, -0.2) is 77.1 Å². The molecule has 2 aromatic carbocycles. The first kappa shape index (κ1) is 24.8. The molecule has 9 heteroatoms. The van der Waals surface area contributed by atoms with Crippen LogP contribution < -0.4 is 14.2 Å². The molecule has 5 atom stereocenters. The van der Waals surface area contributed by atoms with Crippen LogP contribution in [0.3, 0.4) is 0 Å². The molecule has 3 rings (SSSR count). The summed E-state index contributed by atoms with van der Waals surface area (Å²) in [5, 5.41) is 50.3. The van der Waals surface area contributed by atoms with Crippen LogP contribution in [-0.2, 0) is 11.2 Å². The van der Waals surface area contributed by atoms with Gasteiger partial charge in [0, 0.05) is 23.3 Å². The summed E-state index contributed by atoms with van der Waals surface area (Å²) in [6.07, 6.45) is -4.97. The van der Waals surface area contributed by atoms with Crippen LogP contribution in [0.15, 0.2) is 36.9 Å². The van der Waals surface area contributed by atoms with Crippen molar-refractivity contribution in [3.63, 3.8) is 0 Å². The molecular weight excluding hydrogens is 432 g/mol. The Hall–Kier alpha value is -2.82. The van der Waals surface area contributed by atoms with Crippen LogP contribution >= 0.6 is 0 Å². The average molecular weight is 462 g/mol. The number of ether oxygens (including phenoxy) is 4. The Balaban J connectivity index is 2.15. The Morgan fingerprint density at radius 1 is 0.939 bits per heavy atom. The quantitative estimate of drug-likeness (QED) is 0.367. The fourth-order valence-electron chi connectivity index (χ4n) is 3.77. The highest BCUT2D eigenvalue weighted by Gasteiger charge is 2.45. The van der Waals surface area contributed by atoms with E-state index in [0.717, 1.165) is 5.56 Å². The fraction of sp³-hybridized carbons (Fsp3) is 0.417. The van der Waals surface area contributed by atoms with Crippen LogP contribution in [0.1, 0.15) is 11.1 Å². The highest BCUT2D eigenvalue weighted by Crippen LogP contribution is 2.43. The Morgan fingerprint density at radius 3 is 2.21 bits per heavy atom. The van der Waals surface area contributed by atoms with Crippen molar-refractivity contribution in [2.45, 2.75) is 44.1 Å². The van der Waals surface area contributed by atoms with Gasteiger partial charge in [-0.25, -0.2) is 0 Å². The molecule has 0 bridgehead atoms. The van der Waals surface area contributed by atoms with Gasteiger partial charge < -0.3 is 44.5 Å². The van der Waals surface area contributed by atoms with Crippen molar-refractivity contribution in [1.82, 2.24) is 0 Å². The number of aryl methyl sites for hydroxylation is 1. The van der Waals surface area contributed by atoms with Crippen LogP contribution in [0.25, 0.3) is 11.1 Å². The second-order valence-electron chi connectivity index (χ2n) is 7.81. The standard InChI is InChI=1S/C24H30O9/c1-5-6-13-8-15(14-7-12(2)16(26)9-18(14)31-4)19(10-17(13)30-3)32-24-23(29)22(28)21(27)20(11-25)33-24/h5,7-10,20-29H,1,6,11H2,2-4H3/t20-,21-,22+,23-,24-/m1/s1. The molecule has 0 radical (unpaired) electrons. The van der Waals surface area contributed by atoms with Gasteiger partial charge in [0.15, 0.2) is 0 Å². The molecule has 1 aliphatic rings. The van der Waals surface area contributed by atoms with Crippen molar-refractivity contribution in [1.29, 1.82) is 0 Å². The number of aliphatic hydroxyl groups is 4. The smallest absolute Gasteiger partial charge is 0.229 e. The van der Waals surface area contributed by atoms with Crippen molar-refractivity contribution in [2.75, 3.05) is 20.8 Å². The monoisotopic (exact) mass is 462 g/mol. The fourth-order valence-corrected chi connectivity index (χ4v) is 3.77. The summed E-state index contributed by atoms with van der Waals surface area (Å²) in [5.74, 6) is 1.17. The zero-order chi connectivity index (χ0) is 24.3. The second kappa shape index (κ2) is 10.4. The van der Waals surface area contributed by atoms with Gasteiger partial charge in [0.05, 0.1) is 20.8 Å². The van der Waals surface area contributed by atoms with Crippen molar-refractivity contribution in [2.24, 2.45) is 0 Å². The van der Waals surface area contributed by atoms with Crippen LogP contribution in [0, 0.1) is 6.92 Å². The van der Waals surface area contributed by atoms with Crippen LogP contribution in [0.5, 0.6) is 23.0 Å². The van der Waals surface area contributed by atoms with Gasteiger partial charge in [-0.1, -0.05) is 6.08 Å². The maximum atomic E-state index is 10.4. The van der Waals surface area contributed by atoms with Crippen molar-refractivity contribution < 1.29 is 44.5 Å². The van der Waals surface area contributed by atoms with Crippen molar-refractivity contribution >= 4 is 0 Å². The summed E-state index contributed by atoms with van der Waals surface area (Å²) >= 11 is 0. The molecule has 1 aliphatic heterocycles. The summed E-state index contributed by atoms with van der Waals surface area (Å²) in [6.45, 7) is 4.94. The largest absolute Gasteiger partial charge is 0.508 e. The van der Waals surface area contributed by atoms with Gasteiger partial charge in [-0.2, -0.15) is 0 Å². The van der Waals surface area contributed by atoms with E-state index in [9.17, 15) is 25.5 Å². The first-order chi connectivity index (χ1) is 15.7. The number of aromatic hydroxyl groups is 1. The summed E-state index contributed by atoms with van der Waals surface area (Å²) in [4.78, 5) is 0. The maximum absolute atomic E-state index is 10.4. The normalized spacial score (nSPS) is 24.9. The number of allylic oxidation sites excluding steroid dienone is 1. The van der Waals surface area contributed by atoms with Crippen LogP contribution in [0.2, 0.25) is 0 Å². The van der Waals surface area contributed by atoms with Crippen LogP contribution in [0.4, 0.5) is 0 Å². The molecule has 2 aromatic rings. The summed E-state index contributed by atoms with van der Waals surface area (Å²) < 4.78 is 22.4. The molecule has 0 amide bonds. The number of benzene rings is 2. The molecule has 1 heterocycles. The Morgan fingerprint density at radius 2 is 1.61 bits per heavy atom. The zero-order valence-electron chi connectivity index (χ0n) is 18.8. The molecule has 1 fully saturated rings. The zero-order valence-corrected chi connectivity index (χ0v) is 18.8. The van der Waals surface area contributed by atoms with E-state index in [0.29, 0.717) is 34.6 Å². The highest BCUT2D eigenvalue weighted by molar-refractivity contribution is 5.79. The predicted molar refractivity (Wildman–Crippen MR) is 120 cm³/mol. The minimum Gasteiger partial charge on any atom is -0.508 e. The Labute approximate surface area is 192 Å². The molecule has 0 aromatic heterocycles. The van der Waals surface area contributed by atoms with Gasteiger partial charge in [-0.05, 0) is 36.6 Å². The lowest BCUT2D eigenvalue weighted by Gasteiger charge is -2.39. The van der Waals surface area contributed by atoms with Gasteiger partial charge in [0.25, 0.3) is 0 Å². The number of hydrogen-bond donors (Lipinski definition) is 5. The van der Waals surface area contributed by atoms with E-state index in [1.807, 2.05) is 6.07 Å². The van der Waals surface area contributed by atoms with E-state index in [2.05, 4.69) is 6.58 Å². The summed E-state index contributed by atoms with van der Waals surface area (Å²) in [5.41, 5.74) is 2.55. The molecule has 180 valence electrons. The molecule has 5 N–H and O–H groups in total. The Bertz CT molecular complexity index is 988.